The lowest BCUT2D eigenvalue weighted by atomic mass is 10.1. The Hall–Kier alpha value is -1.59. The van der Waals surface area contributed by atoms with Crippen molar-refractivity contribution in [2.75, 3.05) is 0 Å². The van der Waals surface area contributed by atoms with E-state index in [0.29, 0.717) is 10.5 Å². The molecule has 1 N–H and O–H groups in total. The Kier molecular flexibility index (Phi) is 3.87. The number of hydrogen-bond donors (Lipinski definition) is 1. The number of phenols is 1. The molecule has 0 radical (unpaired) electrons. The summed E-state index contributed by atoms with van der Waals surface area (Å²) in [6.07, 6.45) is 4.27. The number of halogens is 1. The number of ketones is 1. The van der Waals surface area contributed by atoms with Gasteiger partial charge in [-0.3, -0.25) is 4.79 Å². The molecular weight excluding hydrogens is 350 g/mol. The predicted octanol–water partition coefficient (Wildman–Crippen LogP) is 4.44. The van der Waals surface area contributed by atoms with Crippen LogP contribution in [0.15, 0.2) is 44.9 Å². The molecule has 21 heavy (non-hydrogen) atoms. The van der Waals surface area contributed by atoms with Crippen LogP contribution in [0.3, 0.4) is 0 Å². The van der Waals surface area contributed by atoms with Gasteiger partial charge in [0.15, 0.2) is 0 Å². The Labute approximate surface area is 135 Å². The summed E-state index contributed by atoms with van der Waals surface area (Å²) in [4.78, 5) is 17.2. The summed E-state index contributed by atoms with van der Waals surface area (Å²) in [6.45, 7) is 1.98. The average Bonchev–Trinajstić information content (AvgIpc) is 2.79. The van der Waals surface area contributed by atoms with E-state index in [1.165, 1.54) is 11.8 Å². The van der Waals surface area contributed by atoms with Crippen LogP contribution in [0.2, 0.25) is 0 Å². The topological polar surface area (TPSA) is 50.2 Å². The van der Waals surface area contributed by atoms with E-state index < -0.39 is 0 Å². The van der Waals surface area contributed by atoms with Crippen molar-refractivity contribution in [3.8, 4) is 5.75 Å². The molecule has 1 aromatic heterocycles. The fraction of sp³-hybridized carbons (Fsp3) is 0.125. The van der Waals surface area contributed by atoms with Crippen LogP contribution in [0.4, 0.5) is 0 Å². The van der Waals surface area contributed by atoms with E-state index in [1.54, 1.807) is 24.4 Å². The van der Waals surface area contributed by atoms with Crippen molar-refractivity contribution in [2.24, 2.45) is 0 Å². The minimum Gasteiger partial charge on any atom is -0.508 e. The molecule has 106 valence electrons. The maximum Gasteiger partial charge on any atom is 0.202 e. The van der Waals surface area contributed by atoms with Crippen molar-refractivity contribution in [1.29, 1.82) is 0 Å². The number of rotatable bonds is 2. The molecule has 0 saturated carbocycles. The van der Waals surface area contributed by atoms with Crippen molar-refractivity contribution in [1.82, 2.24) is 4.98 Å². The lowest BCUT2D eigenvalue weighted by Gasteiger charge is -2.06. The van der Waals surface area contributed by atoms with Gasteiger partial charge in [-0.1, -0.05) is 34.6 Å². The van der Waals surface area contributed by atoms with Crippen LogP contribution >= 0.6 is 27.7 Å². The monoisotopic (exact) mass is 361 g/mol. The number of Topliss-reactive ketones (excluding diaryl/α,β-unsaturated/α-hetero) is 1. The summed E-state index contributed by atoms with van der Waals surface area (Å²) in [7, 11) is 0. The number of aromatic hydroxyl groups is 1. The fourth-order valence-corrected chi connectivity index (χ4v) is 3.61. The number of hydrogen-bond acceptors (Lipinski definition) is 4. The van der Waals surface area contributed by atoms with Gasteiger partial charge in [0.2, 0.25) is 5.78 Å². The highest BCUT2D eigenvalue weighted by molar-refractivity contribution is 9.10. The zero-order valence-corrected chi connectivity index (χ0v) is 13.7. The average molecular weight is 362 g/mol. The Morgan fingerprint density at radius 3 is 2.95 bits per heavy atom. The molecule has 0 atom stereocenters. The number of aromatic nitrogens is 1. The van der Waals surface area contributed by atoms with Gasteiger partial charge in [-0.15, -0.1) is 0 Å². The van der Waals surface area contributed by atoms with Crippen LogP contribution in [0, 0.1) is 0 Å². The lowest BCUT2D eigenvalue weighted by Crippen LogP contribution is -1.94. The molecule has 5 heteroatoms. The van der Waals surface area contributed by atoms with Crippen LogP contribution in [-0.4, -0.2) is 15.9 Å². The first-order valence-corrected chi connectivity index (χ1v) is 8.11. The molecule has 0 saturated heterocycles. The number of phenolic OH excluding ortho intramolecular Hbond substituents is 1. The van der Waals surface area contributed by atoms with Gasteiger partial charge in [-0.05, 0) is 47.9 Å². The van der Waals surface area contributed by atoms with Crippen LogP contribution in [0.5, 0.6) is 5.75 Å². The fourth-order valence-electron chi connectivity index (χ4n) is 2.18. The highest BCUT2D eigenvalue weighted by Gasteiger charge is 2.26. The summed E-state index contributed by atoms with van der Waals surface area (Å²) < 4.78 is 0.766. The van der Waals surface area contributed by atoms with E-state index in [9.17, 15) is 9.90 Å². The molecule has 0 spiro atoms. The molecule has 1 aliphatic rings. The summed E-state index contributed by atoms with van der Waals surface area (Å²) >= 11 is 4.81. The molecule has 2 heterocycles. The van der Waals surface area contributed by atoms with Gasteiger partial charge in [-0.2, -0.15) is 0 Å². The van der Waals surface area contributed by atoms with Gasteiger partial charge in [0.25, 0.3) is 0 Å². The quantitative estimate of drug-likeness (QED) is 0.803. The van der Waals surface area contributed by atoms with E-state index >= 15 is 0 Å². The molecule has 3 rings (SSSR count). The van der Waals surface area contributed by atoms with Crippen molar-refractivity contribution < 1.29 is 9.90 Å². The van der Waals surface area contributed by atoms with Crippen LogP contribution in [-0.2, 0) is 6.42 Å². The van der Waals surface area contributed by atoms with Gasteiger partial charge in [0, 0.05) is 10.7 Å². The van der Waals surface area contributed by atoms with E-state index in [-0.39, 0.29) is 11.5 Å². The molecule has 0 bridgehead atoms. The standard InChI is InChI=1S/C16H12BrNO2S/c1-2-9-6-10(12(17)8-13(9)19)7-14-15(20)11-4-3-5-18-16(11)21-14/h3-8,19H,2H2,1H3/b14-7-. The maximum absolute atomic E-state index is 12.3. The third-order valence-corrected chi connectivity index (χ3v) is 5.04. The van der Waals surface area contributed by atoms with Crippen LogP contribution in [0.1, 0.15) is 28.4 Å². The SMILES string of the molecule is CCc1cc(/C=C2\Sc3ncccc3C2=O)c(Br)cc1O. The first kappa shape index (κ1) is 14.4. The molecule has 2 aromatic rings. The summed E-state index contributed by atoms with van der Waals surface area (Å²) in [5, 5.41) is 10.6. The molecule has 0 fully saturated rings. The number of allylic oxidation sites excluding steroid dienone is 1. The highest BCUT2D eigenvalue weighted by Crippen LogP contribution is 2.40. The van der Waals surface area contributed by atoms with Gasteiger partial charge >= 0.3 is 0 Å². The molecule has 0 unspecified atom stereocenters. The number of pyridine rings is 1. The minimum absolute atomic E-state index is 0.00104. The van der Waals surface area contributed by atoms with Crippen LogP contribution < -0.4 is 0 Å². The van der Waals surface area contributed by atoms with Gasteiger partial charge in [0.1, 0.15) is 10.8 Å². The Balaban J connectivity index is 2.03. The lowest BCUT2D eigenvalue weighted by molar-refractivity contribution is 0.104. The Morgan fingerprint density at radius 1 is 1.43 bits per heavy atom. The third kappa shape index (κ3) is 2.63. The van der Waals surface area contributed by atoms with Gasteiger partial charge in [0.05, 0.1) is 10.5 Å². The second-order valence-electron chi connectivity index (χ2n) is 4.65. The zero-order valence-electron chi connectivity index (χ0n) is 11.3. The number of nitrogens with zero attached hydrogens (tertiary/aromatic N) is 1. The second-order valence-corrected chi connectivity index (χ2v) is 6.54. The Morgan fingerprint density at radius 2 is 2.24 bits per heavy atom. The van der Waals surface area contributed by atoms with Gasteiger partial charge in [-0.25, -0.2) is 4.98 Å². The largest absolute Gasteiger partial charge is 0.508 e. The molecule has 0 amide bonds. The number of aryl methyl sites for hydroxylation is 1. The number of carbonyl (C=O) groups excluding carboxylic acids is 1. The van der Waals surface area contributed by atoms with Crippen LogP contribution in [0.25, 0.3) is 6.08 Å². The van der Waals surface area contributed by atoms with Crippen molar-refractivity contribution in [3.63, 3.8) is 0 Å². The van der Waals surface area contributed by atoms with E-state index in [0.717, 1.165) is 27.0 Å². The van der Waals surface area contributed by atoms with Crippen molar-refractivity contribution >= 4 is 39.6 Å². The van der Waals surface area contributed by atoms with Crippen molar-refractivity contribution in [3.05, 3.63) is 56.5 Å². The van der Waals surface area contributed by atoms with Crippen molar-refractivity contribution in [2.45, 2.75) is 18.4 Å². The minimum atomic E-state index is 0.00104. The molecule has 3 nitrogen and oxygen atoms in total. The number of fused-ring (bicyclic) bond motifs is 1. The molecule has 0 aliphatic carbocycles. The molecular formula is C16H12BrNO2S. The normalized spacial score (nSPS) is 15.5. The summed E-state index contributed by atoms with van der Waals surface area (Å²) in [5.41, 5.74) is 2.39. The van der Waals surface area contributed by atoms with Gasteiger partial charge < -0.3 is 5.11 Å². The smallest absolute Gasteiger partial charge is 0.202 e. The number of benzene rings is 1. The summed E-state index contributed by atoms with van der Waals surface area (Å²) in [5.74, 6) is 0.267. The highest BCUT2D eigenvalue weighted by atomic mass is 79.9. The van der Waals surface area contributed by atoms with E-state index in [2.05, 4.69) is 20.9 Å². The number of carbonyl (C=O) groups is 1. The first-order valence-electron chi connectivity index (χ1n) is 6.50. The zero-order chi connectivity index (χ0) is 15.0. The van der Waals surface area contributed by atoms with E-state index in [4.69, 9.17) is 0 Å². The molecule has 1 aromatic carbocycles. The first-order chi connectivity index (χ1) is 10.1. The summed E-state index contributed by atoms with van der Waals surface area (Å²) in [6, 6.07) is 7.13. The Bertz CT molecular complexity index is 771. The number of thioether (sulfide) groups is 1. The third-order valence-electron chi connectivity index (χ3n) is 3.31. The molecule has 1 aliphatic heterocycles. The second kappa shape index (κ2) is 5.66. The predicted molar refractivity (Wildman–Crippen MR) is 87.6 cm³/mol. The maximum atomic E-state index is 12.3. The van der Waals surface area contributed by atoms with E-state index in [1.807, 2.05) is 19.1 Å².